The fraction of sp³-hybridized carbons (Fsp3) is 0.636. The van der Waals surface area contributed by atoms with E-state index < -0.39 is 5.97 Å². The summed E-state index contributed by atoms with van der Waals surface area (Å²) >= 11 is 1.24. The van der Waals surface area contributed by atoms with E-state index in [4.69, 9.17) is 9.84 Å². The third kappa shape index (κ3) is 2.58. The van der Waals surface area contributed by atoms with Crippen LogP contribution < -0.4 is 4.90 Å². The van der Waals surface area contributed by atoms with Crippen molar-refractivity contribution in [2.75, 3.05) is 18.0 Å². The Labute approximate surface area is 104 Å². The van der Waals surface area contributed by atoms with Crippen molar-refractivity contribution in [3.8, 4) is 0 Å². The lowest BCUT2D eigenvalue weighted by molar-refractivity contribution is -0.00523. The lowest BCUT2D eigenvalue weighted by atomic mass is 10.2. The number of thiazole rings is 1. The molecule has 1 fully saturated rings. The number of aromatic nitrogens is 1. The molecule has 6 heteroatoms. The standard InChI is InChI=1S/C11H16N2O3S/c1-6-4-13(5-7(2)16-6)11-12-8(3)9(17-11)10(14)15/h6-7H,4-5H2,1-3H3,(H,14,15)/t6-,7+. The number of hydrogen-bond donors (Lipinski definition) is 1. The molecule has 1 saturated heterocycles. The molecule has 2 atom stereocenters. The minimum Gasteiger partial charge on any atom is -0.477 e. The predicted octanol–water partition coefficient (Wildman–Crippen LogP) is 1.76. The molecule has 17 heavy (non-hydrogen) atoms. The van der Waals surface area contributed by atoms with Crippen molar-refractivity contribution in [1.29, 1.82) is 0 Å². The van der Waals surface area contributed by atoms with Gasteiger partial charge in [0.1, 0.15) is 4.88 Å². The van der Waals surface area contributed by atoms with Gasteiger partial charge in [0.25, 0.3) is 0 Å². The summed E-state index contributed by atoms with van der Waals surface area (Å²) in [7, 11) is 0. The van der Waals surface area contributed by atoms with Gasteiger partial charge in [-0.05, 0) is 20.8 Å². The first kappa shape index (κ1) is 12.3. The Hall–Kier alpha value is -1.14. The van der Waals surface area contributed by atoms with Crippen LogP contribution in [0.5, 0.6) is 0 Å². The molecule has 1 N–H and O–H groups in total. The van der Waals surface area contributed by atoms with Gasteiger partial charge in [-0.3, -0.25) is 0 Å². The van der Waals surface area contributed by atoms with Crippen molar-refractivity contribution in [3.05, 3.63) is 10.6 Å². The largest absolute Gasteiger partial charge is 0.477 e. The van der Waals surface area contributed by atoms with Gasteiger partial charge < -0.3 is 14.7 Å². The molecule has 5 nitrogen and oxygen atoms in total. The smallest absolute Gasteiger partial charge is 0.347 e. The van der Waals surface area contributed by atoms with Crippen molar-refractivity contribution in [1.82, 2.24) is 4.98 Å². The molecule has 0 saturated carbocycles. The normalized spacial score (nSPS) is 25.0. The fourth-order valence-electron chi connectivity index (χ4n) is 2.05. The molecule has 0 aliphatic carbocycles. The number of carboxylic acids is 1. The number of morpholine rings is 1. The lowest BCUT2D eigenvalue weighted by Crippen LogP contribution is -2.45. The molecule has 1 aliphatic heterocycles. The third-order valence-electron chi connectivity index (χ3n) is 2.67. The molecule has 0 radical (unpaired) electrons. The van der Waals surface area contributed by atoms with Crippen LogP contribution in [0.2, 0.25) is 0 Å². The molecule has 94 valence electrons. The van der Waals surface area contributed by atoms with Gasteiger partial charge in [-0.1, -0.05) is 11.3 Å². The number of carboxylic acid groups (broad SMARTS) is 1. The highest BCUT2D eigenvalue weighted by Crippen LogP contribution is 2.28. The minimum absolute atomic E-state index is 0.149. The number of rotatable bonds is 2. The van der Waals surface area contributed by atoms with Crippen LogP contribution in [0.4, 0.5) is 5.13 Å². The van der Waals surface area contributed by atoms with E-state index in [1.807, 2.05) is 13.8 Å². The van der Waals surface area contributed by atoms with Gasteiger partial charge in [0.2, 0.25) is 0 Å². The number of nitrogens with zero attached hydrogens (tertiary/aromatic N) is 2. The van der Waals surface area contributed by atoms with Crippen molar-refractivity contribution < 1.29 is 14.6 Å². The van der Waals surface area contributed by atoms with Crippen molar-refractivity contribution in [3.63, 3.8) is 0 Å². The molecule has 0 bridgehead atoms. The number of aromatic carboxylic acids is 1. The predicted molar refractivity (Wildman–Crippen MR) is 66.0 cm³/mol. The van der Waals surface area contributed by atoms with E-state index in [2.05, 4.69) is 9.88 Å². The highest BCUT2D eigenvalue weighted by molar-refractivity contribution is 7.17. The fourth-order valence-corrected chi connectivity index (χ4v) is 2.97. The first-order valence-electron chi connectivity index (χ1n) is 5.58. The summed E-state index contributed by atoms with van der Waals surface area (Å²) in [6, 6.07) is 0. The summed E-state index contributed by atoms with van der Waals surface area (Å²) in [4.78, 5) is 17.7. The number of hydrogen-bond acceptors (Lipinski definition) is 5. The van der Waals surface area contributed by atoms with Crippen LogP contribution in [-0.4, -0.2) is 41.4 Å². The number of carbonyl (C=O) groups is 1. The molecule has 1 aromatic heterocycles. The summed E-state index contributed by atoms with van der Waals surface area (Å²) < 4.78 is 5.64. The SMILES string of the molecule is Cc1nc(N2C[C@@H](C)O[C@@H](C)C2)sc1C(=O)O. The second kappa shape index (κ2) is 4.62. The number of ether oxygens (including phenoxy) is 1. The number of anilines is 1. The molecule has 0 spiro atoms. The zero-order valence-corrected chi connectivity index (χ0v) is 11.0. The topological polar surface area (TPSA) is 62.7 Å². The zero-order valence-electron chi connectivity index (χ0n) is 10.1. The number of aryl methyl sites for hydroxylation is 1. The van der Waals surface area contributed by atoms with Gasteiger partial charge in [0, 0.05) is 13.1 Å². The Bertz CT molecular complexity index is 422. The van der Waals surface area contributed by atoms with Crippen LogP contribution in [0.1, 0.15) is 29.2 Å². The van der Waals surface area contributed by atoms with Gasteiger partial charge >= 0.3 is 5.97 Å². The molecule has 1 aromatic rings. The summed E-state index contributed by atoms with van der Waals surface area (Å²) in [6.07, 6.45) is 0.299. The van der Waals surface area contributed by atoms with E-state index in [1.165, 1.54) is 11.3 Å². The van der Waals surface area contributed by atoms with E-state index in [0.717, 1.165) is 18.2 Å². The first-order chi connectivity index (χ1) is 7.97. The zero-order chi connectivity index (χ0) is 12.6. The molecule has 2 rings (SSSR count). The van der Waals surface area contributed by atoms with Gasteiger partial charge in [0.15, 0.2) is 5.13 Å². The highest BCUT2D eigenvalue weighted by Gasteiger charge is 2.26. The molecule has 1 aliphatic rings. The van der Waals surface area contributed by atoms with Crippen LogP contribution in [0.15, 0.2) is 0 Å². The monoisotopic (exact) mass is 256 g/mol. The lowest BCUT2D eigenvalue weighted by Gasteiger charge is -2.35. The maximum Gasteiger partial charge on any atom is 0.347 e. The van der Waals surface area contributed by atoms with Gasteiger partial charge in [-0.2, -0.15) is 0 Å². The molecular formula is C11H16N2O3S. The maximum absolute atomic E-state index is 11.0. The van der Waals surface area contributed by atoms with E-state index in [1.54, 1.807) is 6.92 Å². The van der Waals surface area contributed by atoms with Crippen LogP contribution in [0, 0.1) is 6.92 Å². The summed E-state index contributed by atoms with van der Waals surface area (Å²) in [6.45, 7) is 7.28. The van der Waals surface area contributed by atoms with Crippen LogP contribution >= 0.6 is 11.3 Å². The van der Waals surface area contributed by atoms with Gasteiger partial charge in [0.05, 0.1) is 17.9 Å². The summed E-state index contributed by atoms with van der Waals surface area (Å²) in [5, 5.41) is 9.79. The quantitative estimate of drug-likeness (QED) is 0.873. The molecule has 2 heterocycles. The van der Waals surface area contributed by atoms with Gasteiger partial charge in [-0.15, -0.1) is 0 Å². The second-order valence-electron chi connectivity index (χ2n) is 4.38. The minimum atomic E-state index is -0.902. The first-order valence-corrected chi connectivity index (χ1v) is 6.40. The van der Waals surface area contributed by atoms with Gasteiger partial charge in [-0.25, -0.2) is 9.78 Å². The Balaban J connectivity index is 2.22. The molecule has 0 unspecified atom stereocenters. The van der Waals surface area contributed by atoms with E-state index >= 15 is 0 Å². The van der Waals surface area contributed by atoms with Crippen molar-refractivity contribution >= 4 is 22.4 Å². The average Bonchev–Trinajstić information content (AvgIpc) is 2.59. The third-order valence-corrected chi connectivity index (χ3v) is 3.88. The second-order valence-corrected chi connectivity index (χ2v) is 5.36. The molecule has 0 aromatic carbocycles. The van der Waals surface area contributed by atoms with Crippen LogP contribution in [-0.2, 0) is 4.74 Å². The summed E-state index contributed by atoms with van der Waals surface area (Å²) in [5.41, 5.74) is 0.587. The Morgan fingerprint density at radius 2 is 2.06 bits per heavy atom. The molecular weight excluding hydrogens is 240 g/mol. The van der Waals surface area contributed by atoms with E-state index in [9.17, 15) is 4.79 Å². The Morgan fingerprint density at radius 3 is 2.53 bits per heavy atom. The Morgan fingerprint density at radius 1 is 1.47 bits per heavy atom. The highest BCUT2D eigenvalue weighted by atomic mass is 32.1. The van der Waals surface area contributed by atoms with E-state index in [0.29, 0.717) is 10.6 Å². The molecule has 0 amide bonds. The Kier molecular flexibility index (Phi) is 3.35. The van der Waals surface area contributed by atoms with Crippen molar-refractivity contribution in [2.24, 2.45) is 0 Å². The van der Waals surface area contributed by atoms with E-state index in [-0.39, 0.29) is 12.2 Å². The summed E-state index contributed by atoms with van der Waals surface area (Å²) in [5.74, 6) is -0.902. The van der Waals surface area contributed by atoms with Crippen LogP contribution in [0.25, 0.3) is 0 Å². The van der Waals surface area contributed by atoms with Crippen molar-refractivity contribution in [2.45, 2.75) is 33.0 Å². The van der Waals surface area contributed by atoms with Crippen LogP contribution in [0.3, 0.4) is 0 Å². The average molecular weight is 256 g/mol. The maximum atomic E-state index is 11.0.